The summed E-state index contributed by atoms with van der Waals surface area (Å²) in [6.07, 6.45) is 0. The Morgan fingerprint density at radius 1 is 1.25 bits per heavy atom. The van der Waals surface area contributed by atoms with E-state index < -0.39 is 0 Å². The van der Waals surface area contributed by atoms with Crippen LogP contribution in [0.2, 0.25) is 0 Å². The summed E-state index contributed by atoms with van der Waals surface area (Å²) < 4.78 is 3.25. The molecule has 0 heterocycles. The number of rotatable bonds is 0. The van der Waals surface area contributed by atoms with Gasteiger partial charge in [0.2, 0.25) is 0 Å². The van der Waals surface area contributed by atoms with Crippen LogP contribution >= 0.6 is 0 Å². The van der Waals surface area contributed by atoms with Crippen molar-refractivity contribution in [2.24, 2.45) is 0 Å². The molecule has 0 spiro atoms. The molecule has 5 radical (unpaired) electrons. The Labute approximate surface area is 38.5 Å². The van der Waals surface area contributed by atoms with Gasteiger partial charge < -0.3 is 4.57 Å². The smallest absolute Gasteiger partial charge is 0.257 e. The van der Waals surface area contributed by atoms with E-state index >= 15 is 0 Å². The zero-order chi connectivity index (χ0) is 2.71. The van der Waals surface area contributed by atoms with Gasteiger partial charge in [-0.1, -0.05) is 0 Å². The topological polar surface area (TPSA) is 9.23 Å². The summed E-state index contributed by atoms with van der Waals surface area (Å²) in [5.74, 6) is 0. The molecular formula is B2CuO. The van der Waals surface area contributed by atoms with Crippen LogP contribution in [0.4, 0.5) is 0 Å². The Balaban J connectivity index is 0. The molecule has 0 aliphatic rings. The summed E-state index contributed by atoms with van der Waals surface area (Å²) in [5, 5.41) is 0. The van der Waals surface area contributed by atoms with Gasteiger partial charge in [0.15, 0.2) is 0 Å². The van der Waals surface area contributed by atoms with Gasteiger partial charge in [-0.3, -0.25) is 0 Å². The zero-order valence-electron chi connectivity index (χ0n) is 1.86. The van der Waals surface area contributed by atoms with Crippen LogP contribution in [0.3, 0.4) is 0 Å². The predicted molar refractivity (Wildman–Crippen MR) is 12.6 cm³/mol. The summed E-state index contributed by atoms with van der Waals surface area (Å²) in [6, 6.07) is 0. The van der Waals surface area contributed by atoms with Crippen molar-refractivity contribution in [3.05, 3.63) is 0 Å². The van der Waals surface area contributed by atoms with Crippen molar-refractivity contribution in [3.63, 3.8) is 0 Å². The summed E-state index contributed by atoms with van der Waals surface area (Å²) in [5.41, 5.74) is 0. The fraction of sp³-hybridized carbons (Fsp3) is 0. The van der Waals surface area contributed by atoms with Gasteiger partial charge in [0.1, 0.15) is 0 Å². The Morgan fingerprint density at radius 2 is 1.25 bits per heavy atom. The van der Waals surface area contributed by atoms with E-state index in [2.05, 4.69) is 20.7 Å². The molecule has 0 aromatic heterocycles. The molecular weight excluding hydrogens is 101 g/mol. The van der Waals surface area contributed by atoms with Crippen LogP contribution in [0.15, 0.2) is 0 Å². The van der Waals surface area contributed by atoms with Gasteiger partial charge >= 0.3 is 0 Å². The van der Waals surface area contributed by atoms with Crippen molar-refractivity contribution >= 4 is 16.1 Å². The van der Waals surface area contributed by atoms with Crippen LogP contribution in [0.25, 0.3) is 0 Å². The molecule has 0 unspecified atom stereocenters. The number of hydrogen-bond donors (Lipinski definition) is 0. The molecule has 0 aromatic rings. The zero-order valence-corrected chi connectivity index (χ0v) is 2.81. The maximum absolute atomic E-state index is 4.12. The largest absolute Gasteiger partial charge is 0.514 e. The molecule has 0 fully saturated rings. The van der Waals surface area contributed by atoms with Crippen LogP contribution in [0.1, 0.15) is 0 Å². The maximum atomic E-state index is 4.12. The van der Waals surface area contributed by atoms with Gasteiger partial charge in [0, 0.05) is 17.1 Å². The molecule has 0 aliphatic carbocycles. The van der Waals surface area contributed by atoms with Gasteiger partial charge in [0.05, 0.1) is 0 Å². The van der Waals surface area contributed by atoms with Gasteiger partial charge in [-0.25, -0.2) is 0 Å². The summed E-state index contributed by atoms with van der Waals surface area (Å²) in [7, 11) is 8.25. The van der Waals surface area contributed by atoms with Gasteiger partial charge in [0.25, 0.3) is 16.1 Å². The Kier molecular flexibility index (Phi) is 20.9. The van der Waals surface area contributed by atoms with Gasteiger partial charge in [-0.05, 0) is 0 Å². The summed E-state index contributed by atoms with van der Waals surface area (Å²) in [4.78, 5) is 0. The molecule has 0 aromatic carbocycles. The molecule has 1 nitrogen and oxygen atoms in total. The fourth-order valence-electron chi connectivity index (χ4n) is 0. The third kappa shape index (κ3) is 18.2. The fourth-order valence-corrected chi connectivity index (χ4v) is 0. The molecule has 0 saturated carbocycles. The van der Waals surface area contributed by atoms with E-state index in [1.807, 2.05) is 0 Å². The van der Waals surface area contributed by atoms with Crippen molar-refractivity contribution in [2.75, 3.05) is 0 Å². The second-order valence-electron chi connectivity index (χ2n) is 0.136. The van der Waals surface area contributed by atoms with E-state index in [9.17, 15) is 0 Å². The second kappa shape index (κ2) is 9.49. The number of hydrogen-bond acceptors (Lipinski definition) is 1. The normalized spacial score (nSPS) is 4.00. The predicted octanol–water partition coefficient (Wildman–Crippen LogP) is -0.833. The maximum Gasteiger partial charge on any atom is 0.257 e. The second-order valence-corrected chi connectivity index (χ2v) is 0.136. The van der Waals surface area contributed by atoms with E-state index in [-0.39, 0.29) is 17.1 Å². The SMILES string of the molecule is [B]O[B].[Cu]. The van der Waals surface area contributed by atoms with Crippen LogP contribution in [-0.4, -0.2) is 16.1 Å². The molecule has 4 heteroatoms. The molecule has 0 amide bonds. The first kappa shape index (κ1) is 8.82. The third-order valence-corrected chi connectivity index (χ3v) is 0. The molecule has 0 saturated heterocycles. The van der Waals surface area contributed by atoms with Crippen LogP contribution in [-0.2, 0) is 21.6 Å². The Hall–Kier alpha value is 0.609. The van der Waals surface area contributed by atoms with E-state index in [1.54, 1.807) is 0 Å². The van der Waals surface area contributed by atoms with Crippen LogP contribution in [0.5, 0.6) is 0 Å². The first-order valence-electron chi connectivity index (χ1n) is 0.471. The van der Waals surface area contributed by atoms with Gasteiger partial charge in [-0.15, -0.1) is 0 Å². The van der Waals surface area contributed by atoms with Crippen molar-refractivity contribution in [1.82, 2.24) is 0 Å². The van der Waals surface area contributed by atoms with E-state index in [1.165, 1.54) is 0 Å². The van der Waals surface area contributed by atoms with Crippen molar-refractivity contribution < 1.29 is 21.6 Å². The minimum atomic E-state index is 0. The quantitative estimate of drug-likeness (QED) is 0.362. The molecule has 0 bridgehead atoms. The van der Waals surface area contributed by atoms with Gasteiger partial charge in [-0.2, -0.15) is 0 Å². The van der Waals surface area contributed by atoms with E-state index in [0.717, 1.165) is 0 Å². The first-order chi connectivity index (χ1) is 1.41. The van der Waals surface area contributed by atoms with Crippen molar-refractivity contribution in [1.29, 1.82) is 0 Å². The third-order valence-electron chi connectivity index (χ3n) is 0. The minimum absolute atomic E-state index is 0. The monoisotopic (exact) mass is 101 g/mol. The van der Waals surface area contributed by atoms with E-state index in [4.69, 9.17) is 0 Å². The molecule has 0 rings (SSSR count). The average molecular weight is 101 g/mol. The molecule has 0 N–H and O–H groups in total. The van der Waals surface area contributed by atoms with Crippen LogP contribution < -0.4 is 0 Å². The Morgan fingerprint density at radius 3 is 1.25 bits per heavy atom. The van der Waals surface area contributed by atoms with Crippen molar-refractivity contribution in [2.45, 2.75) is 0 Å². The molecule has 0 aliphatic heterocycles. The summed E-state index contributed by atoms with van der Waals surface area (Å²) in [6.45, 7) is 0. The molecule has 23 valence electrons. The average Bonchev–Trinajstić information content (AvgIpc) is 0.918. The minimum Gasteiger partial charge on any atom is -0.514 e. The summed E-state index contributed by atoms with van der Waals surface area (Å²) >= 11 is 0. The van der Waals surface area contributed by atoms with Crippen LogP contribution in [0, 0.1) is 0 Å². The first-order valence-corrected chi connectivity index (χ1v) is 0.471. The molecule has 0 atom stereocenters. The Bertz CT molecular complexity index is 6.00. The van der Waals surface area contributed by atoms with Crippen molar-refractivity contribution in [3.8, 4) is 0 Å². The standard InChI is InChI=1S/B2O.Cu/c1-3-2;. The molecule has 4 heavy (non-hydrogen) atoms. The van der Waals surface area contributed by atoms with E-state index in [0.29, 0.717) is 0 Å².